The van der Waals surface area contributed by atoms with Gasteiger partial charge in [0, 0.05) is 17.3 Å². The maximum absolute atomic E-state index is 13.2. The first-order chi connectivity index (χ1) is 9.61. The summed E-state index contributed by atoms with van der Waals surface area (Å²) in [5, 5.41) is 11.7. The van der Waals surface area contributed by atoms with E-state index in [0.29, 0.717) is 18.5 Å². The van der Waals surface area contributed by atoms with Crippen LogP contribution in [0.1, 0.15) is 15.9 Å². The Labute approximate surface area is 116 Å². The van der Waals surface area contributed by atoms with Crippen molar-refractivity contribution in [1.82, 2.24) is 0 Å². The molecular formula is C15H15FN2O2. The normalized spacial score (nSPS) is 10.3. The molecule has 0 aliphatic heterocycles. The molecule has 4 nitrogen and oxygen atoms in total. The predicted octanol–water partition coefficient (Wildman–Crippen LogP) is 2.28. The minimum Gasteiger partial charge on any atom is -0.505 e. The van der Waals surface area contributed by atoms with Gasteiger partial charge in [0.25, 0.3) is 5.91 Å². The number of hydrogen-bond acceptors (Lipinski definition) is 3. The molecule has 0 aromatic heterocycles. The van der Waals surface area contributed by atoms with Crippen LogP contribution in [0.5, 0.6) is 5.75 Å². The van der Waals surface area contributed by atoms with Crippen LogP contribution in [0, 0.1) is 5.82 Å². The molecule has 0 saturated carbocycles. The van der Waals surface area contributed by atoms with E-state index in [2.05, 4.69) is 5.32 Å². The summed E-state index contributed by atoms with van der Waals surface area (Å²) in [6, 6.07) is 10.8. The second kappa shape index (κ2) is 6.16. The number of hydrogen-bond donors (Lipinski definition) is 3. The highest BCUT2D eigenvalue weighted by molar-refractivity contribution is 6.05. The Hall–Kier alpha value is -2.40. The fourth-order valence-corrected chi connectivity index (χ4v) is 1.90. The van der Waals surface area contributed by atoms with Crippen LogP contribution < -0.4 is 11.1 Å². The fraction of sp³-hybridized carbons (Fsp3) is 0.133. The van der Waals surface area contributed by atoms with Crippen molar-refractivity contribution in [3.8, 4) is 5.75 Å². The van der Waals surface area contributed by atoms with E-state index in [-0.39, 0.29) is 11.6 Å². The number of rotatable bonds is 4. The predicted molar refractivity (Wildman–Crippen MR) is 75.2 cm³/mol. The highest BCUT2D eigenvalue weighted by Gasteiger charge is 2.11. The van der Waals surface area contributed by atoms with E-state index >= 15 is 0 Å². The minimum atomic E-state index is -0.780. The van der Waals surface area contributed by atoms with Gasteiger partial charge >= 0.3 is 0 Å². The molecule has 0 aliphatic rings. The van der Waals surface area contributed by atoms with Crippen LogP contribution in [0.25, 0.3) is 0 Å². The number of nitrogens with one attached hydrogen (secondary N) is 1. The number of nitrogens with two attached hydrogens (primary N) is 1. The van der Waals surface area contributed by atoms with Crippen molar-refractivity contribution < 1.29 is 14.3 Å². The number of amides is 1. The Morgan fingerprint density at radius 2 is 2.00 bits per heavy atom. The van der Waals surface area contributed by atoms with Crippen molar-refractivity contribution in [2.45, 2.75) is 6.42 Å². The topological polar surface area (TPSA) is 75.4 Å². The summed E-state index contributed by atoms with van der Waals surface area (Å²) >= 11 is 0. The molecular weight excluding hydrogens is 259 g/mol. The van der Waals surface area contributed by atoms with Crippen LogP contribution in [-0.4, -0.2) is 17.6 Å². The number of anilines is 1. The van der Waals surface area contributed by atoms with Crippen molar-refractivity contribution in [3.05, 3.63) is 59.4 Å². The SMILES string of the molecule is NCCc1ccccc1C(=O)Nc1ccc(O)c(F)c1. The first-order valence-electron chi connectivity index (χ1n) is 6.19. The maximum atomic E-state index is 13.2. The molecule has 0 saturated heterocycles. The van der Waals surface area contributed by atoms with Crippen LogP contribution >= 0.6 is 0 Å². The van der Waals surface area contributed by atoms with Crippen molar-refractivity contribution in [2.75, 3.05) is 11.9 Å². The molecule has 2 rings (SSSR count). The Balaban J connectivity index is 2.21. The minimum absolute atomic E-state index is 0.285. The van der Waals surface area contributed by atoms with Gasteiger partial charge in [-0.3, -0.25) is 4.79 Å². The summed E-state index contributed by atoms with van der Waals surface area (Å²) < 4.78 is 13.2. The van der Waals surface area contributed by atoms with Gasteiger partial charge in [0.1, 0.15) is 0 Å². The first kappa shape index (κ1) is 14.0. The smallest absolute Gasteiger partial charge is 0.255 e. The van der Waals surface area contributed by atoms with E-state index in [9.17, 15) is 9.18 Å². The molecule has 2 aromatic rings. The molecule has 20 heavy (non-hydrogen) atoms. The largest absolute Gasteiger partial charge is 0.505 e. The molecule has 0 unspecified atom stereocenters. The van der Waals surface area contributed by atoms with Gasteiger partial charge in [-0.05, 0) is 36.7 Å². The van der Waals surface area contributed by atoms with E-state index in [1.807, 2.05) is 12.1 Å². The summed E-state index contributed by atoms with van der Waals surface area (Å²) in [6.07, 6.45) is 0.591. The fourth-order valence-electron chi connectivity index (χ4n) is 1.90. The van der Waals surface area contributed by atoms with Crippen LogP contribution in [0.2, 0.25) is 0 Å². The summed E-state index contributed by atoms with van der Waals surface area (Å²) in [5.41, 5.74) is 7.14. The second-order valence-electron chi connectivity index (χ2n) is 4.32. The molecule has 5 heteroatoms. The second-order valence-corrected chi connectivity index (χ2v) is 4.32. The number of aromatic hydroxyl groups is 1. The summed E-state index contributed by atoms with van der Waals surface area (Å²) in [5.74, 6) is -1.57. The molecule has 1 amide bonds. The molecule has 0 atom stereocenters. The van der Waals surface area contributed by atoms with Gasteiger partial charge in [0.2, 0.25) is 0 Å². The van der Waals surface area contributed by atoms with Crippen molar-refractivity contribution >= 4 is 11.6 Å². The van der Waals surface area contributed by atoms with Gasteiger partial charge in [0.05, 0.1) is 0 Å². The zero-order valence-corrected chi connectivity index (χ0v) is 10.8. The summed E-state index contributed by atoms with van der Waals surface area (Å²) in [4.78, 5) is 12.2. The Morgan fingerprint density at radius 3 is 2.70 bits per heavy atom. The molecule has 4 N–H and O–H groups in total. The zero-order valence-electron chi connectivity index (χ0n) is 10.8. The molecule has 2 aromatic carbocycles. The van der Waals surface area contributed by atoms with Gasteiger partial charge < -0.3 is 16.2 Å². The Morgan fingerprint density at radius 1 is 1.25 bits per heavy atom. The molecule has 0 fully saturated rings. The quantitative estimate of drug-likeness (QED) is 0.749. The van der Waals surface area contributed by atoms with E-state index in [1.54, 1.807) is 12.1 Å². The number of carbonyl (C=O) groups is 1. The molecule has 104 valence electrons. The third kappa shape index (κ3) is 3.13. The molecule has 0 spiro atoms. The van der Waals surface area contributed by atoms with Crippen LogP contribution in [0.3, 0.4) is 0 Å². The third-order valence-electron chi connectivity index (χ3n) is 2.88. The van der Waals surface area contributed by atoms with E-state index in [1.165, 1.54) is 12.1 Å². The van der Waals surface area contributed by atoms with E-state index < -0.39 is 11.6 Å². The van der Waals surface area contributed by atoms with E-state index in [4.69, 9.17) is 10.8 Å². The van der Waals surface area contributed by atoms with Gasteiger partial charge in [0.15, 0.2) is 11.6 Å². The van der Waals surface area contributed by atoms with Gasteiger partial charge in [-0.15, -0.1) is 0 Å². The summed E-state index contributed by atoms with van der Waals surface area (Å²) in [7, 11) is 0. The highest BCUT2D eigenvalue weighted by Crippen LogP contribution is 2.20. The van der Waals surface area contributed by atoms with Gasteiger partial charge in [-0.25, -0.2) is 4.39 Å². The van der Waals surface area contributed by atoms with Gasteiger partial charge in [-0.2, -0.15) is 0 Å². The highest BCUT2D eigenvalue weighted by atomic mass is 19.1. The number of benzene rings is 2. The standard InChI is InChI=1S/C15H15FN2O2/c16-13-9-11(5-6-14(13)19)18-15(20)12-4-2-1-3-10(12)7-8-17/h1-6,9,19H,7-8,17H2,(H,18,20). The lowest BCUT2D eigenvalue weighted by atomic mass is 10.0. The van der Waals surface area contributed by atoms with Crippen LogP contribution in [-0.2, 0) is 6.42 Å². The van der Waals surface area contributed by atoms with Crippen molar-refractivity contribution in [2.24, 2.45) is 5.73 Å². The lowest BCUT2D eigenvalue weighted by Crippen LogP contribution is -2.16. The number of carbonyl (C=O) groups excluding carboxylic acids is 1. The average Bonchev–Trinajstić information content (AvgIpc) is 2.44. The van der Waals surface area contributed by atoms with Crippen molar-refractivity contribution in [1.29, 1.82) is 0 Å². The van der Waals surface area contributed by atoms with Crippen molar-refractivity contribution in [3.63, 3.8) is 0 Å². The monoisotopic (exact) mass is 274 g/mol. The zero-order chi connectivity index (χ0) is 14.5. The van der Waals surface area contributed by atoms with Crippen LogP contribution in [0.4, 0.5) is 10.1 Å². The Kier molecular flexibility index (Phi) is 4.32. The molecule has 0 radical (unpaired) electrons. The number of halogens is 1. The van der Waals surface area contributed by atoms with Gasteiger partial charge in [-0.1, -0.05) is 18.2 Å². The lowest BCUT2D eigenvalue weighted by molar-refractivity contribution is 0.102. The molecule has 0 bridgehead atoms. The number of phenols is 1. The average molecular weight is 274 g/mol. The van der Waals surface area contributed by atoms with Crippen LogP contribution in [0.15, 0.2) is 42.5 Å². The lowest BCUT2D eigenvalue weighted by Gasteiger charge is -2.10. The number of phenolic OH excluding ortho intramolecular Hbond substituents is 1. The maximum Gasteiger partial charge on any atom is 0.255 e. The molecule has 0 heterocycles. The summed E-state index contributed by atoms with van der Waals surface area (Å²) in [6.45, 7) is 0.443. The Bertz CT molecular complexity index is 629. The first-order valence-corrected chi connectivity index (χ1v) is 6.19. The van der Waals surface area contributed by atoms with E-state index in [0.717, 1.165) is 11.6 Å². The molecule has 0 aliphatic carbocycles. The third-order valence-corrected chi connectivity index (χ3v) is 2.88.